The molecule has 9 heteroatoms. The lowest BCUT2D eigenvalue weighted by atomic mass is 10.2. The second kappa shape index (κ2) is 13.1. The number of thiazole rings is 1. The number of ether oxygens (including phenoxy) is 1. The van der Waals surface area contributed by atoms with E-state index in [0.717, 1.165) is 43.4 Å². The average Bonchev–Trinajstić information content (AvgIpc) is 3.15. The summed E-state index contributed by atoms with van der Waals surface area (Å²) in [6.45, 7) is 5.90. The number of methoxy groups -OCH3 is 1. The number of carbonyl (C=O) groups excluding carboxylic acids is 1. The summed E-state index contributed by atoms with van der Waals surface area (Å²) >= 11 is 1.69. The van der Waals surface area contributed by atoms with Crippen molar-refractivity contribution in [2.75, 3.05) is 53.0 Å². The van der Waals surface area contributed by atoms with Gasteiger partial charge in [0.15, 0.2) is 0 Å². The maximum absolute atomic E-state index is 12.2. The van der Waals surface area contributed by atoms with Crippen LogP contribution in [0.4, 0.5) is 0 Å². The Labute approximate surface area is 183 Å². The first-order valence-corrected chi connectivity index (χ1v) is 9.84. The fourth-order valence-corrected chi connectivity index (χ4v) is 3.78. The Morgan fingerprint density at radius 3 is 2.57 bits per heavy atom. The number of nitrogens with zero attached hydrogens (tertiary/aromatic N) is 3. The number of piperazine rings is 1. The molecular weight excluding hydrogens is 419 g/mol. The molecular formula is C19H28Cl2N4O2S. The summed E-state index contributed by atoms with van der Waals surface area (Å²) in [6, 6.07) is 10.3. The van der Waals surface area contributed by atoms with Crippen molar-refractivity contribution < 1.29 is 9.53 Å². The van der Waals surface area contributed by atoms with Crippen molar-refractivity contribution in [1.82, 2.24) is 20.1 Å². The molecule has 1 aromatic carbocycles. The normalized spacial score (nSPS) is 14.2. The number of halogens is 2. The molecule has 0 saturated carbocycles. The lowest BCUT2D eigenvalue weighted by molar-refractivity contribution is -0.132. The minimum Gasteiger partial charge on any atom is -0.383 e. The van der Waals surface area contributed by atoms with E-state index in [-0.39, 0.29) is 30.7 Å². The minimum absolute atomic E-state index is 0. The number of hydrogen-bond donors (Lipinski definition) is 1. The van der Waals surface area contributed by atoms with E-state index >= 15 is 0 Å². The first-order valence-electron chi connectivity index (χ1n) is 8.96. The molecule has 0 aliphatic carbocycles. The van der Waals surface area contributed by atoms with E-state index in [2.05, 4.69) is 27.7 Å². The van der Waals surface area contributed by atoms with Crippen LogP contribution < -0.4 is 5.32 Å². The van der Waals surface area contributed by atoms with Crippen LogP contribution in [0.25, 0.3) is 10.6 Å². The summed E-state index contributed by atoms with van der Waals surface area (Å²) in [5, 5.41) is 6.32. The maximum Gasteiger partial charge on any atom is 0.236 e. The topological polar surface area (TPSA) is 57.7 Å². The van der Waals surface area contributed by atoms with Gasteiger partial charge in [-0.2, -0.15) is 0 Å². The van der Waals surface area contributed by atoms with Crippen molar-refractivity contribution in [1.29, 1.82) is 0 Å². The molecule has 2 heterocycles. The zero-order valence-corrected chi connectivity index (χ0v) is 18.5. The summed E-state index contributed by atoms with van der Waals surface area (Å²) in [5.74, 6) is 0.167. The largest absolute Gasteiger partial charge is 0.383 e. The zero-order valence-electron chi connectivity index (χ0n) is 16.0. The van der Waals surface area contributed by atoms with Crippen molar-refractivity contribution in [3.8, 4) is 10.6 Å². The molecule has 0 spiro atoms. The maximum atomic E-state index is 12.2. The van der Waals surface area contributed by atoms with Gasteiger partial charge in [0.2, 0.25) is 5.91 Å². The molecule has 1 aromatic heterocycles. The Kier molecular flexibility index (Phi) is 11.6. The van der Waals surface area contributed by atoms with Crippen LogP contribution in [0.5, 0.6) is 0 Å². The van der Waals surface area contributed by atoms with Crippen LogP contribution in [0.1, 0.15) is 5.69 Å². The van der Waals surface area contributed by atoms with Gasteiger partial charge in [-0.15, -0.1) is 36.2 Å². The van der Waals surface area contributed by atoms with Gasteiger partial charge in [-0.3, -0.25) is 9.69 Å². The number of benzene rings is 1. The van der Waals surface area contributed by atoms with Gasteiger partial charge in [0, 0.05) is 57.3 Å². The van der Waals surface area contributed by atoms with Crippen molar-refractivity contribution in [2.24, 2.45) is 0 Å². The lowest BCUT2D eigenvalue weighted by Crippen LogP contribution is -2.50. The van der Waals surface area contributed by atoms with E-state index in [4.69, 9.17) is 9.72 Å². The Hall–Kier alpha value is -1.22. The smallest absolute Gasteiger partial charge is 0.236 e. The zero-order chi connectivity index (χ0) is 18.2. The molecule has 28 heavy (non-hydrogen) atoms. The quantitative estimate of drug-likeness (QED) is 0.631. The van der Waals surface area contributed by atoms with E-state index in [1.807, 2.05) is 23.1 Å². The number of rotatable bonds is 8. The molecule has 0 bridgehead atoms. The van der Waals surface area contributed by atoms with E-state index in [1.165, 1.54) is 5.56 Å². The number of nitrogens with one attached hydrogen (secondary N) is 1. The Balaban J connectivity index is 0.00000196. The monoisotopic (exact) mass is 446 g/mol. The van der Waals surface area contributed by atoms with Crippen molar-refractivity contribution >= 4 is 42.1 Å². The van der Waals surface area contributed by atoms with Gasteiger partial charge in [0.05, 0.1) is 18.8 Å². The molecule has 0 radical (unpaired) electrons. The highest BCUT2D eigenvalue weighted by molar-refractivity contribution is 7.13. The molecule has 1 aliphatic rings. The predicted molar refractivity (Wildman–Crippen MR) is 119 cm³/mol. The summed E-state index contributed by atoms with van der Waals surface area (Å²) < 4.78 is 4.97. The number of hydrogen-bond acceptors (Lipinski definition) is 6. The molecule has 0 unspecified atom stereocenters. The Morgan fingerprint density at radius 1 is 1.18 bits per heavy atom. The van der Waals surface area contributed by atoms with Gasteiger partial charge >= 0.3 is 0 Å². The summed E-state index contributed by atoms with van der Waals surface area (Å²) in [7, 11) is 1.66. The van der Waals surface area contributed by atoms with Gasteiger partial charge in [-0.1, -0.05) is 30.3 Å². The number of carbonyl (C=O) groups is 1. The second-order valence-electron chi connectivity index (χ2n) is 6.34. The molecule has 2 aromatic rings. The van der Waals surface area contributed by atoms with E-state index in [0.29, 0.717) is 19.7 Å². The molecule has 1 N–H and O–H groups in total. The molecule has 0 atom stereocenters. The fraction of sp³-hybridized carbons (Fsp3) is 0.474. The summed E-state index contributed by atoms with van der Waals surface area (Å²) in [6.07, 6.45) is 0. The van der Waals surface area contributed by atoms with Crippen LogP contribution >= 0.6 is 36.2 Å². The molecule has 1 fully saturated rings. The van der Waals surface area contributed by atoms with Crippen LogP contribution in [0.15, 0.2) is 35.7 Å². The summed E-state index contributed by atoms with van der Waals surface area (Å²) in [5.41, 5.74) is 2.27. The van der Waals surface area contributed by atoms with E-state index in [9.17, 15) is 4.79 Å². The molecule has 1 saturated heterocycles. The second-order valence-corrected chi connectivity index (χ2v) is 7.19. The first-order chi connectivity index (χ1) is 12.8. The molecule has 6 nitrogen and oxygen atoms in total. The van der Waals surface area contributed by atoms with E-state index in [1.54, 1.807) is 18.4 Å². The van der Waals surface area contributed by atoms with Crippen LogP contribution in [0.2, 0.25) is 0 Å². The third-order valence-electron chi connectivity index (χ3n) is 4.44. The molecule has 156 valence electrons. The highest BCUT2D eigenvalue weighted by Gasteiger charge is 2.21. The molecule has 3 rings (SSSR count). The van der Waals surface area contributed by atoms with Gasteiger partial charge in [0.1, 0.15) is 5.01 Å². The molecule has 1 amide bonds. The van der Waals surface area contributed by atoms with Crippen LogP contribution in [-0.4, -0.2) is 73.7 Å². The van der Waals surface area contributed by atoms with Crippen molar-refractivity contribution in [2.45, 2.75) is 6.54 Å². The fourth-order valence-electron chi connectivity index (χ4n) is 2.96. The van der Waals surface area contributed by atoms with Gasteiger partial charge in [0.25, 0.3) is 0 Å². The first kappa shape index (κ1) is 24.8. The summed E-state index contributed by atoms with van der Waals surface area (Å²) in [4.78, 5) is 21.2. The van der Waals surface area contributed by atoms with Gasteiger partial charge in [-0.25, -0.2) is 4.98 Å². The van der Waals surface area contributed by atoms with E-state index < -0.39 is 0 Å². The Morgan fingerprint density at radius 2 is 1.89 bits per heavy atom. The Bertz CT molecular complexity index is 694. The van der Waals surface area contributed by atoms with Gasteiger partial charge in [-0.05, 0) is 0 Å². The molecule has 1 aliphatic heterocycles. The van der Waals surface area contributed by atoms with Crippen LogP contribution in [-0.2, 0) is 16.1 Å². The number of aromatic nitrogens is 1. The minimum atomic E-state index is 0. The lowest BCUT2D eigenvalue weighted by Gasteiger charge is -2.34. The third kappa shape index (κ3) is 7.31. The third-order valence-corrected chi connectivity index (χ3v) is 5.38. The predicted octanol–water partition coefficient (Wildman–Crippen LogP) is 2.53. The van der Waals surface area contributed by atoms with Gasteiger partial charge < -0.3 is 15.0 Å². The average molecular weight is 447 g/mol. The van der Waals surface area contributed by atoms with Crippen molar-refractivity contribution in [3.63, 3.8) is 0 Å². The van der Waals surface area contributed by atoms with Crippen molar-refractivity contribution in [3.05, 3.63) is 41.4 Å². The van der Waals surface area contributed by atoms with Crippen LogP contribution in [0, 0.1) is 0 Å². The van der Waals surface area contributed by atoms with Crippen LogP contribution in [0.3, 0.4) is 0 Å². The SMILES string of the molecule is COCCNCC(=O)N1CCN(Cc2csc(-c3ccccc3)n2)CC1.Cl.Cl. The highest BCUT2D eigenvalue weighted by Crippen LogP contribution is 2.24. The standard InChI is InChI=1S/C19H26N4O2S.2ClH/c1-25-12-7-20-13-18(24)23-10-8-22(9-11-23)14-17-15-26-19(21-17)16-5-3-2-4-6-16;;/h2-6,15,20H,7-14H2,1H3;2*1H. The number of amides is 1. The highest BCUT2D eigenvalue weighted by atomic mass is 35.5.